The molecule has 0 amide bonds. The van der Waals surface area contributed by atoms with E-state index in [0.29, 0.717) is 6.42 Å². The number of rotatable bonds is 3. The lowest BCUT2D eigenvalue weighted by Gasteiger charge is -2.05. The van der Waals surface area contributed by atoms with Crippen molar-refractivity contribution < 1.29 is 9.84 Å². The molecular formula is C9H10O2S. The quantitative estimate of drug-likeness (QED) is 0.726. The smallest absolute Gasteiger partial charge is 0.161 e. The van der Waals surface area contributed by atoms with Gasteiger partial charge in [0.15, 0.2) is 5.05 Å². The van der Waals surface area contributed by atoms with Gasteiger partial charge in [-0.2, -0.15) is 0 Å². The Morgan fingerprint density at radius 1 is 1.50 bits per heavy atom. The lowest BCUT2D eigenvalue weighted by atomic mass is 10.1. The highest BCUT2D eigenvalue weighted by atomic mass is 32.1. The van der Waals surface area contributed by atoms with E-state index in [-0.39, 0.29) is 5.05 Å². The predicted octanol–water partition coefficient (Wildman–Crippen LogP) is 2.12. The number of benzene rings is 1. The van der Waals surface area contributed by atoms with Crippen molar-refractivity contribution >= 4 is 17.3 Å². The van der Waals surface area contributed by atoms with Crippen molar-refractivity contribution in [2.75, 3.05) is 7.11 Å². The summed E-state index contributed by atoms with van der Waals surface area (Å²) in [4.78, 5) is 0. The van der Waals surface area contributed by atoms with Gasteiger partial charge in [-0.15, -0.1) is 0 Å². The fraction of sp³-hybridized carbons (Fsp3) is 0.222. The highest BCUT2D eigenvalue weighted by Gasteiger charge is 2.02. The number of para-hydroxylation sites is 1. The van der Waals surface area contributed by atoms with Crippen LogP contribution in [-0.2, 0) is 6.42 Å². The van der Waals surface area contributed by atoms with Crippen LogP contribution >= 0.6 is 12.2 Å². The molecule has 0 aliphatic rings. The zero-order valence-electron chi connectivity index (χ0n) is 6.78. The first-order valence-corrected chi connectivity index (χ1v) is 3.98. The molecule has 0 aliphatic heterocycles. The van der Waals surface area contributed by atoms with Gasteiger partial charge >= 0.3 is 0 Å². The summed E-state index contributed by atoms with van der Waals surface area (Å²) in [6.07, 6.45) is 0.374. The van der Waals surface area contributed by atoms with Crippen LogP contribution in [-0.4, -0.2) is 17.3 Å². The van der Waals surface area contributed by atoms with Gasteiger partial charge in [0.1, 0.15) is 5.75 Å². The zero-order valence-corrected chi connectivity index (χ0v) is 7.60. The SMILES string of the molecule is COc1ccccc1CC(O)=S. The summed E-state index contributed by atoms with van der Waals surface area (Å²) in [5.41, 5.74) is 0.910. The second kappa shape index (κ2) is 4.07. The van der Waals surface area contributed by atoms with Crippen LogP contribution in [0.5, 0.6) is 5.75 Å². The van der Waals surface area contributed by atoms with E-state index in [1.165, 1.54) is 0 Å². The second-order valence-electron chi connectivity index (χ2n) is 2.38. The fourth-order valence-corrected chi connectivity index (χ4v) is 1.17. The standard InChI is InChI=1S/C9H10O2S/c1-11-8-5-3-2-4-7(8)6-9(10)12/h2-5H,6H2,1H3,(H,10,12). The van der Waals surface area contributed by atoms with Gasteiger partial charge in [0.25, 0.3) is 0 Å². The Morgan fingerprint density at radius 3 is 2.75 bits per heavy atom. The van der Waals surface area contributed by atoms with Gasteiger partial charge in [-0.3, -0.25) is 0 Å². The van der Waals surface area contributed by atoms with Crippen LogP contribution in [0.15, 0.2) is 24.3 Å². The predicted molar refractivity (Wildman–Crippen MR) is 51.9 cm³/mol. The molecule has 2 nitrogen and oxygen atoms in total. The van der Waals surface area contributed by atoms with E-state index in [1.807, 2.05) is 24.3 Å². The largest absolute Gasteiger partial charge is 0.502 e. The van der Waals surface area contributed by atoms with Crippen LogP contribution in [0.1, 0.15) is 5.56 Å². The molecule has 1 rings (SSSR count). The summed E-state index contributed by atoms with van der Waals surface area (Å²) in [5.74, 6) is 0.758. The van der Waals surface area contributed by atoms with Crippen molar-refractivity contribution in [1.82, 2.24) is 0 Å². The summed E-state index contributed by atoms with van der Waals surface area (Å²) in [7, 11) is 1.60. The van der Waals surface area contributed by atoms with Crippen LogP contribution in [0.25, 0.3) is 0 Å². The van der Waals surface area contributed by atoms with E-state index in [1.54, 1.807) is 7.11 Å². The number of thiocarbonyl (C=S) groups is 1. The van der Waals surface area contributed by atoms with E-state index >= 15 is 0 Å². The van der Waals surface area contributed by atoms with Crippen LogP contribution in [0.2, 0.25) is 0 Å². The molecule has 12 heavy (non-hydrogen) atoms. The molecule has 0 heterocycles. The summed E-state index contributed by atoms with van der Waals surface area (Å²) in [6, 6.07) is 7.48. The van der Waals surface area contributed by atoms with Crippen molar-refractivity contribution in [2.24, 2.45) is 0 Å². The molecule has 0 aliphatic carbocycles. The van der Waals surface area contributed by atoms with E-state index in [4.69, 9.17) is 9.84 Å². The molecule has 1 aromatic carbocycles. The molecule has 0 aromatic heterocycles. The number of methoxy groups -OCH3 is 1. The van der Waals surface area contributed by atoms with Gasteiger partial charge in [-0.1, -0.05) is 18.2 Å². The minimum Gasteiger partial charge on any atom is -0.502 e. The van der Waals surface area contributed by atoms with Crippen molar-refractivity contribution in [1.29, 1.82) is 0 Å². The number of ether oxygens (including phenoxy) is 1. The molecule has 64 valence electrons. The first-order chi connectivity index (χ1) is 5.74. The van der Waals surface area contributed by atoms with Crippen molar-refractivity contribution in [3.05, 3.63) is 29.8 Å². The number of aliphatic hydroxyl groups is 1. The Labute approximate surface area is 76.8 Å². The highest BCUT2D eigenvalue weighted by Crippen LogP contribution is 2.17. The Morgan fingerprint density at radius 2 is 2.17 bits per heavy atom. The number of aliphatic hydroxyl groups excluding tert-OH is 1. The molecule has 0 bridgehead atoms. The van der Waals surface area contributed by atoms with Gasteiger partial charge in [0, 0.05) is 12.0 Å². The lowest BCUT2D eigenvalue weighted by Crippen LogP contribution is -1.99. The minimum absolute atomic E-state index is 0.0144. The Hall–Kier alpha value is -1.09. The van der Waals surface area contributed by atoms with E-state index in [9.17, 15) is 0 Å². The first-order valence-electron chi connectivity index (χ1n) is 3.57. The van der Waals surface area contributed by atoms with E-state index in [0.717, 1.165) is 11.3 Å². The molecule has 0 spiro atoms. The van der Waals surface area contributed by atoms with Crippen LogP contribution < -0.4 is 4.74 Å². The molecule has 1 aromatic rings. The second-order valence-corrected chi connectivity index (χ2v) is 2.85. The maximum Gasteiger partial charge on any atom is 0.161 e. The molecular weight excluding hydrogens is 172 g/mol. The molecule has 3 heteroatoms. The lowest BCUT2D eigenvalue weighted by molar-refractivity contribution is 0.410. The van der Waals surface area contributed by atoms with Gasteiger partial charge in [-0.25, -0.2) is 0 Å². The average molecular weight is 182 g/mol. The van der Waals surface area contributed by atoms with Gasteiger partial charge in [-0.05, 0) is 18.3 Å². The first kappa shape index (κ1) is 9.00. The third kappa shape index (κ3) is 2.20. The molecule has 1 N–H and O–H groups in total. The van der Waals surface area contributed by atoms with Gasteiger partial charge in [0.05, 0.1) is 7.11 Å². The monoisotopic (exact) mass is 182 g/mol. The van der Waals surface area contributed by atoms with E-state index < -0.39 is 0 Å². The topological polar surface area (TPSA) is 29.5 Å². The van der Waals surface area contributed by atoms with Crippen LogP contribution in [0.3, 0.4) is 0 Å². The minimum atomic E-state index is -0.0144. The van der Waals surface area contributed by atoms with E-state index in [2.05, 4.69) is 12.2 Å². The average Bonchev–Trinajstić information content (AvgIpc) is 2.04. The van der Waals surface area contributed by atoms with Crippen molar-refractivity contribution in [3.8, 4) is 5.75 Å². The maximum absolute atomic E-state index is 8.90. The molecule has 0 fully saturated rings. The van der Waals surface area contributed by atoms with Crippen molar-refractivity contribution in [3.63, 3.8) is 0 Å². The number of hydrogen-bond acceptors (Lipinski definition) is 2. The van der Waals surface area contributed by atoms with Crippen LogP contribution in [0.4, 0.5) is 0 Å². The summed E-state index contributed by atoms with van der Waals surface area (Å²) in [6.45, 7) is 0. The maximum atomic E-state index is 8.90. The van der Waals surface area contributed by atoms with Gasteiger partial charge in [0.2, 0.25) is 0 Å². The summed E-state index contributed by atoms with van der Waals surface area (Å²) < 4.78 is 5.08. The molecule has 0 radical (unpaired) electrons. The Bertz CT molecular complexity index is 284. The Balaban J connectivity index is 2.89. The molecule has 0 atom stereocenters. The number of hydrogen-bond donors (Lipinski definition) is 1. The highest BCUT2D eigenvalue weighted by molar-refractivity contribution is 7.80. The normalized spacial score (nSPS) is 9.42. The molecule has 0 unspecified atom stereocenters. The molecule has 0 saturated carbocycles. The summed E-state index contributed by atoms with van der Waals surface area (Å²) >= 11 is 4.59. The Kier molecular flexibility index (Phi) is 3.05. The third-order valence-electron chi connectivity index (χ3n) is 1.53. The van der Waals surface area contributed by atoms with Gasteiger partial charge < -0.3 is 9.84 Å². The molecule has 0 saturated heterocycles. The third-order valence-corrected chi connectivity index (χ3v) is 1.68. The zero-order chi connectivity index (χ0) is 8.97. The van der Waals surface area contributed by atoms with Crippen molar-refractivity contribution in [2.45, 2.75) is 6.42 Å². The van der Waals surface area contributed by atoms with Crippen LogP contribution in [0, 0.1) is 0 Å². The summed E-state index contributed by atoms with van der Waals surface area (Å²) in [5, 5.41) is 8.89. The fourth-order valence-electron chi connectivity index (χ4n) is 1.01.